The third-order valence-electron chi connectivity index (χ3n) is 2.97. The Hall–Kier alpha value is -1.06. The van der Waals surface area contributed by atoms with Crippen LogP contribution in [0.1, 0.15) is 32.8 Å². The Bertz CT molecular complexity index is 352. The van der Waals surface area contributed by atoms with Crippen molar-refractivity contribution in [3.8, 4) is 5.75 Å². The molecule has 0 aliphatic rings. The van der Waals surface area contributed by atoms with E-state index in [-0.39, 0.29) is 6.10 Å². The highest BCUT2D eigenvalue weighted by molar-refractivity contribution is 5.33. The lowest BCUT2D eigenvalue weighted by Gasteiger charge is -2.21. The van der Waals surface area contributed by atoms with Gasteiger partial charge in [0, 0.05) is 6.04 Å². The zero-order chi connectivity index (χ0) is 14.1. The molecule has 1 aromatic carbocycles. The molecule has 0 amide bonds. The van der Waals surface area contributed by atoms with Gasteiger partial charge >= 0.3 is 0 Å². The monoisotopic (exact) mass is 265 g/mol. The first-order valence-corrected chi connectivity index (χ1v) is 7.14. The summed E-state index contributed by atoms with van der Waals surface area (Å²) in [5, 5.41) is 3.54. The fraction of sp³-hybridized carbons (Fsp3) is 0.625. The molecule has 3 heteroatoms. The number of para-hydroxylation sites is 1. The summed E-state index contributed by atoms with van der Waals surface area (Å²) in [5.74, 6) is 0.954. The van der Waals surface area contributed by atoms with Crippen LogP contribution in [0.2, 0.25) is 0 Å². The molecule has 1 aromatic rings. The van der Waals surface area contributed by atoms with Crippen LogP contribution in [-0.2, 0) is 11.2 Å². The Labute approximate surface area is 117 Å². The van der Waals surface area contributed by atoms with Gasteiger partial charge in [0.15, 0.2) is 0 Å². The van der Waals surface area contributed by atoms with Gasteiger partial charge in [0.05, 0.1) is 19.8 Å². The Kier molecular flexibility index (Phi) is 7.53. The second-order valence-electron chi connectivity index (χ2n) is 5.05. The molecule has 1 atom stereocenters. The van der Waals surface area contributed by atoms with Crippen molar-refractivity contribution in [2.75, 3.05) is 20.3 Å². The van der Waals surface area contributed by atoms with Crippen LogP contribution in [-0.4, -0.2) is 32.4 Å². The number of methoxy groups -OCH3 is 1. The van der Waals surface area contributed by atoms with Crippen molar-refractivity contribution >= 4 is 0 Å². The molecule has 3 nitrogen and oxygen atoms in total. The number of hydrogen-bond donors (Lipinski definition) is 1. The molecule has 19 heavy (non-hydrogen) atoms. The van der Waals surface area contributed by atoms with E-state index in [1.807, 2.05) is 12.1 Å². The summed E-state index contributed by atoms with van der Waals surface area (Å²) in [6.45, 7) is 8.06. The number of ether oxygens (including phenoxy) is 2. The number of benzene rings is 1. The lowest BCUT2D eigenvalue weighted by atomic mass is 10.1. The van der Waals surface area contributed by atoms with Crippen molar-refractivity contribution in [3.63, 3.8) is 0 Å². The Morgan fingerprint density at radius 3 is 2.58 bits per heavy atom. The van der Waals surface area contributed by atoms with E-state index in [1.165, 1.54) is 5.56 Å². The molecule has 0 saturated carbocycles. The van der Waals surface area contributed by atoms with Crippen LogP contribution >= 0.6 is 0 Å². The highest BCUT2D eigenvalue weighted by Crippen LogP contribution is 2.19. The van der Waals surface area contributed by atoms with Crippen LogP contribution in [0.15, 0.2) is 24.3 Å². The van der Waals surface area contributed by atoms with Crippen molar-refractivity contribution in [1.82, 2.24) is 5.32 Å². The molecule has 1 rings (SSSR count). The maximum Gasteiger partial charge on any atom is 0.122 e. The second-order valence-corrected chi connectivity index (χ2v) is 5.05. The zero-order valence-electron chi connectivity index (χ0n) is 12.6. The number of hydrogen-bond acceptors (Lipinski definition) is 3. The van der Waals surface area contributed by atoms with Gasteiger partial charge in [-0.25, -0.2) is 0 Å². The lowest BCUT2D eigenvalue weighted by Crippen LogP contribution is -2.36. The average molecular weight is 265 g/mol. The van der Waals surface area contributed by atoms with Crippen molar-refractivity contribution in [2.24, 2.45) is 0 Å². The van der Waals surface area contributed by atoms with E-state index in [2.05, 4.69) is 38.2 Å². The van der Waals surface area contributed by atoms with Crippen LogP contribution in [0.3, 0.4) is 0 Å². The molecule has 0 fully saturated rings. The van der Waals surface area contributed by atoms with Crippen molar-refractivity contribution in [1.29, 1.82) is 0 Å². The molecule has 0 bridgehead atoms. The zero-order valence-corrected chi connectivity index (χ0v) is 12.6. The summed E-state index contributed by atoms with van der Waals surface area (Å²) in [5.41, 5.74) is 1.23. The smallest absolute Gasteiger partial charge is 0.122 e. The first-order valence-electron chi connectivity index (χ1n) is 7.14. The van der Waals surface area contributed by atoms with E-state index >= 15 is 0 Å². The van der Waals surface area contributed by atoms with Gasteiger partial charge in [-0.1, -0.05) is 25.1 Å². The highest BCUT2D eigenvalue weighted by atomic mass is 16.5. The number of nitrogens with one attached hydrogen (secondary N) is 1. The standard InChI is InChI=1S/C16H27NO2/c1-5-10-17-15(12-19-13(2)3)11-14-8-6-7-9-16(14)18-4/h6-9,13,15,17H,5,10-12H2,1-4H3. The van der Waals surface area contributed by atoms with Gasteiger partial charge in [-0.2, -0.15) is 0 Å². The van der Waals surface area contributed by atoms with Crippen LogP contribution in [0.5, 0.6) is 5.75 Å². The summed E-state index contributed by atoms with van der Waals surface area (Å²) in [6.07, 6.45) is 2.32. The van der Waals surface area contributed by atoms with E-state index in [1.54, 1.807) is 7.11 Å². The minimum atomic E-state index is 0.267. The fourth-order valence-electron chi connectivity index (χ4n) is 1.98. The molecule has 0 aliphatic carbocycles. The highest BCUT2D eigenvalue weighted by Gasteiger charge is 2.12. The summed E-state index contributed by atoms with van der Waals surface area (Å²) in [4.78, 5) is 0. The quantitative estimate of drug-likeness (QED) is 0.744. The normalized spacial score (nSPS) is 12.7. The Morgan fingerprint density at radius 2 is 1.95 bits per heavy atom. The molecule has 0 radical (unpaired) electrons. The Balaban J connectivity index is 2.63. The molecule has 0 aromatic heterocycles. The second kappa shape index (κ2) is 8.94. The third-order valence-corrected chi connectivity index (χ3v) is 2.97. The SMILES string of the molecule is CCCNC(COC(C)C)Cc1ccccc1OC. The van der Waals surface area contributed by atoms with Crippen molar-refractivity contribution in [2.45, 2.75) is 45.8 Å². The van der Waals surface area contributed by atoms with E-state index in [0.29, 0.717) is 6.04 Å². The third kappa shape index (κ3) is 6.08. The maximum atomic E-state index is 5.74. The van der Waals surface area contributed by atoms with Gasteiger partial charge in [-0.05, 0) is 44.9 Å². The first-order chi connectivity index (χ1) is 9.17. The van der Waals surface area contributed by atoms with Gasteiger partial charge < -0.3 is 14.8 Å². The molecule has 0 heterocycles. The molecule has 0 aliphatic heterocycles. The van der Waals surface area contributed by atoms with Crippen LogP contribution in [0.25, 0.3) is 0 Å². The van der Waals surface area contributed by atoms with Gasteiger partial charge in [-0.15, -0.1) is 0 Å². The van der Waals surface area contributed by atoms with Crippen molar-refractivity contribution < 1.29 is 9.47 Å². The lowest BCUT2D eigenvalue weighted by molar-refractivity contribution is 0.0612. The molecule has 108 valence electrons. The Morgan fingerprint density at radius 1 is 1.21 bits per heavy atom. The maximum absolute atomic E-state index is 5.74. The largest absolute Gasteiger partial charge is 0.496 e. The molecular weight excluding hydrogens is 238 g/mol. The summed E-state index contributed by atoms with van der Waals surface area (Å²) in [6, 6.07) is 8.52. The topological polar surface area (TPSA) is 30.5 Å². The van der Waals surface area contributed by atoms with Gasteiger partial charge in [-0.3, -0.25) is 0 Å². The van der Waals surface area contributed by atoms with Gasteiger partial charge in [0.1, 0.15) is 5.75 Å². The van der Waals surface area contributed by atoms with E-state index in [4.69, 9.17) is 9.47 Å². The molecule has 1 N–H and O–H groups in total. The predicted molar refractivity (Wildman–Crippen MR) is 79.9 cm³/mol. The van der Waals surface area contributed by atoms with Crippen LogP contribution in [0, 0.1) is 0 Å². The van der Waals surface area contributed by atoms with Crippen LogP contribution < -0.4 is 10.1 Å². The molecule has 0 saturated heterocycles. The minimum Gasteiger partial charge on any atom is -0.496 e. The van der Waals surface area contributed by atoms with E-state index in [9.17, 15) is 0 Å². The van der Waals surface area contributed by atoms with Crippen LogP contribution in [0.4, 0.5) is 0 Å². The van der Waals surface area contributed by atoms with E-state index < -0.39 is 0 Å². The molecule has 1 unspecified atom stereocenters. The minimum absolute atomic E-state index is 0.267. The molecular formula is C16H27NO2. The van der Waals surface area contributed by atoms with Crippen molar-refractivity contribution in [3.05, 3.63) is 29.8 Å². The summed E-state index contributed by atoms with van der Waals surface area (Å²) >= 11 is 0. The van der Waals surface area contributed by atoms with Gasteiger partial charge in [0.2, 0.25) is 0 Å². The predicted octanol–water partition coefficient (Wildman–Crippen LogP) is 3.03. The van der Waals surface area contributed by atoms with Gasteiger partial charge in [0.25, 0.3) is 0 Å². The van der Waals surface area contributed by atoms with E-state index in [0.717, 1.165) is 31.7 Å². The first kappa shape index (κ1) is 16.0. The average Bonchev–Trinajstić information content (AvgIpc) is 2.42. The number of rotatable bonds is 9. The fourth-order valence-corrected chi connectivity index (χ4v) is 1.98. The summed E-state index contributed by atoms with van der Waals surface area (Å²) in [7, 11) is 1.72. The summed E-state index contributed by atoms with van der Waals surface area (Å²) < 4.78 is 11.2. The molecule has 0 spiro atoms.